The Kier molecular flexibility index (Phi) is 9.37. The molecule has 22 heavy (non-hydrogen) atoms. The molecule has 7 heteroatoms. The first-order valence-corrected chi connectivity index (χ1v) is 7.06. The molecule has 0 spiro atoms. The van der Waals surface area contributed by atoms with Gasteiger partial charge >= 0.3 is 0 Å². The zero-order valence-corrected chi connectivity index (χ0v) is 13.6. The smallest absolute Gasteiger partial charge is 0.251 e. The quantitative estimate of drug-likeness (QED) is 0.717. The Bertz CT molecular complexity index is 512. The summed E-state index contributed by atoms with van der Waals surface area (Å²) in [6.45, 7) is 3.70. The van der Waals surface area contributed by atoms with Gasteiger partial charge in [-0.05, 0) is 24.6 Å². The van der Waals surface area contributed by atoms with Gasteiger partial charge in [0.15, 0.2) is 0 Å². The highest BCUT2D eigenvalue weighted by Crippen LogP contribution is 2.16. The minimum Gasteiger partial charge on any atom is -0.348 e. The summed E-state index contributed by atoms with van der Waals surface area (Å²) < 4.78 is 13.5. The average Bonchev–Trinajstić information content (AvgIpc) is 2.45. The Balaban J connectivity index is 0.00000441. The minimum atomic E-state index is -0.580. The van der Waals surface area contributed by atoms with E-state index in [9.17, 15) is 14.0 Å². The van der Waals surface area contributed by atoms with Crippen LogP contribution in [0.2, 0.25) is 0 Å². The lowest BCUT2D eigenvalue weighted by atomic mass is 10.1. The van der Waals surface area contributed by atoms with Crippen LogP contribution in [0, 0.1) is 5.82 Å². The van der Waals surface area contributed by atoms with Crippen LogP contribution in [0.3, 0.4) is 0 Å². The molecule has 0 fully saturated rings. The number of nitrogens with two attached hydrogens (primary N) is 1. The molecule has 0 aromatic heterocycles. The van der Waals surface area contributed by atoms with Gasteiger partial charge in [-0.3, -0.25) is 9.59 Å². The third-order valence-electron chi connectivity index (χ3n) is 3.07. The summed E-state index contributed by atoms with van der Waals surface area (Å²) in [4.78, 5) is 23.1. The number of halogens is 2. The fourth-order valence-electron chi connectivity index (χ4n) is 1.92. The van der Waals surface area contributed by atoms with E-state index in [0.717, 1.165) is 25.3 Å². The predicted molar refractivity (Wildman–Crippen MR) is 87.8 cm³/mol. The number of hydrogen-bond acceptors (Lipinski definition) is 3. The van der Waals surface area contributed by atoms with Gasteiger partial charge in [-0.2, -0.15) is 0 Å². The number of nitrogens with one attached hydrogen (secondary N) is 2. The number of carbonyl (C=O) groups is 2. The van der Waals surface area contributed by atoms with Crippen LogP contribution in [-0.2, 0) is 4.79 Å². The van der Waals surface area contributed by atoms with E-state index >= 15 is 0 Å². The van der Waals surface area contributed by atoms with Crippen molar-refractivity contribution < 1.29 is 14.0 Å². The van der Waals surface area contributed by atoms with E-state index in [4.69, 9.17) is 5.73 Å². The van der Waals surface area contributed by atoms with Crippen molar-refractivity contribution in [2.75, 3.05) is 11.9 Å². The lowest BCUT2D eigenvalue weighted by Crippen LogP contribution is -2.40. The summed E-state index contributed by atoms with van der Waals surface area (Å²) in [7, 11) is 0. The number of unbranched alkanes of at least 4 members (excludes halogenated alkanes) is 1. The number of anilines is 1. The largest absolute Gasteiger partial charge is 0.348 e. The fraction of sp³-hybridized carbons (Fsp3) is 0.467. The van der Waals surface area contributed by atoms with Gasteiger partial charge in [0.25, 0.3) is 5.91 Å². The maximum absolute atomic E-state index is 13.5. The standard InChI is InChI=1S/C15H22FN3O2.ClH/c1-3-4-5-12(9-17)19-15(21)11-6-7-13(16)14(8-11)18-10(2)20;/h6-8,12H,3-5,9,17H2,1-2H3,(H,18,20)(H,19,21);1H. The Morgan fingerprint density at radius 1 is 1.36 bits per heavy atom. The van der Waals surface area contributed by atoms with Gasteiger partial charge in [0.05, 0.1) is 5.69 Å². The summed E-state index contributed by atoms with van der Waals surface area (Å²) in [5.74, 6) is -1.30. The van der Waals surface area contributed by atoms with Crippen LogP contribution >= 0.6 is 12.4 Å². The molecule has 124 valence electrons. The van der Waals surface area contributed by atoms with E-state index in [-0.39, 0.29) is 35.6 Å². The van der Waals surface area contributed by atoms with E-state index in [2.05, 4.69) is 17.6 Å². The van der Waals surface area contributed by atoms with Gasteiger partial charge in [-0.15, -0.1) is 12.4 Å². The molecule has 1 unspecified atom stereocenters. The summed E-state index contributed by atoms with van der Waals surface area (Å²) >= 11 is 0. The van der Waals surface area contributed by atoms with Crippen LogP contribution in [0.25, 0.3) is 0 Å². The fourth-order valence-corrected chi connectivity index (χ4v) is 1.92. The Morgan fingerprint density at radius 2 is 2.05 bits per heavy atom. The molecule has 0 bridgehead atoms. The monoisotopic (exact) mass is 331 g/mol. The molecule has 0 saturated carbocycles. The van der Waals surface area contributed by atoms with Crippen LogP contribution in [-0.4, -0.2) is 24.4 Å². The first-order chi connectivity index (χ1) is 9.97. The van der Waals surface area contributed by atoms with Crippen molar-refractivity contribution >= 4 is 29.9 Å². The van der Waals surface area contributed by atoms with Crippen LogP contribution in [0.15, 0.2) is 18.2 Å². The minimum absolute atomic E-state index is 0. The molecule has 0 saturated heterocycles. The number of rotatable bonds is 7. The second-order valence-electron chi connectivity index (χ2n) is 4.92. The molecule has 5 nitrogen and oxygen atoms in total. The molecule has 1 rings (SSSR count). The molecule has 1 atom stereocenters. The van der Waals surface area contributed by atoms with Crippen molar-refractivity contribution in [1.82, 2.24) is 5.32 Å². The number of hydrogen-bond donors (Lipinski definition) is 3. The summed E-state index contributed by atoms with van der Waals surface area (Å²) in [6.07, 6.45) is 2.80. The Morgan fingerprint density at radius 3 is 2.59 bits per heavy atom. The average molecular weight is 332 g/mol. The maximum Gasteiger partial charge on any atom is 0.251 e. The third-order valence-corrected chi connectivity index (χ3v) is 3.07. The van der Waals surface area contributed by atoms with Crippen molar-refractivity contribution in [1.29, 1.82) is 0 Å². The second-order valence-corrected chi connectivity index (χ2v) is 4.92. The number of benzene rings is 1. The number of carbonyl (C=O) groups excluding carboxylic acids is 2. The van der Waals surface area contributed by atoms with Crippen molar-refractivity contribution in [2.24, 2.45) is 5.73 Å². The van der Waals surface area contributed by atoms with Gasteiger partial charge in [-0.25, -0.2) is 4.39 Å². The molecule has 1 aromatic rings. The molecule has 0 aliphatic rings. The SMILES string of the molecule is CCCCC(CN)NC(=O)c1ccc(F)c(NC(C)=O)c1.Cl. The van der Waals surface area contributed by atoms with Gasteiger partial charge in [0.1, 0.15) is 5.82 Å². The second kappa shape index (κ2) is 10.1. The van der Waals surface area contributed by atoms with Crippen LogP contribution < -0.4 is 16.4 Å². The van der Waals surface area contributed by atoms with Crippen molar-refractivity contribution in [2.45, 2.75) is 39.2 Å². The highest BCUT2D eigenvalue weighted by molar-refractivity contribution is 5.97. The Hall–Kier alpha value is -1.66. The normalized spacial score (nSPS) is 11.3. The third kappa shape index (κ3) is 6.41. The lowest BCUT2D eigenvalue weighted by Gasteiger charge is -2.17. The van der Waals surface area contributed by atoms with E-state index < -0.39 is 11.7 Å². The molecule has 0 heterocycles. The van der Waals surface area contributed by atoms with Crippen LogP contribution in [0.4, 0.5) is 10.1 Å². The molecule has 0 radical (unpaired) electrons. The van der Waals surface area contributed by atoms with Gasteiger partial charge < -0.3 is 16.4 Å². The zero-order chi connectivity index (χ0) is 15.8. The Labute approximate surface area is 136 Å². The highest BCUT2D eigenvalue weighted by atomic mass is 35.5. The zero-order valence-electron chi connectivity index (χ0n) is 12.8. The van der Waals surface area contributed by atoms with Gasteiger partial charge in [-0.1, -0.05) is 19.8 Å². The molecule has 0 aliphatic carbocycles. The van der Waals surface area contributed by atoms with Gasteiger partial charge in [0.2, 0.25) is 5.91 Å². The number of amides is 2. The predicted octanol–water partition coefficient (Wildman–Crippen LogP) is 2.45. The van der Waals surface area contributed by atoms with Crippen molar-refractivity contribution in [3.8, 4) is 0 Å². The van der Waals surface area contributed by atoms with Gasteiger partial charge in [0, 0.05) is 25.1 Å². The molecular formula is C15H23ClFN3O2. The summed E-state index contributed by atoms with van der Waals surface area (Å²) in [5, 5.41) is 5.17. The molecule has 0 aliphatic heterocycles. The molecule has 4 N–H and O–H groups in total. The van der Waals surface area contributed by atoms with Crippen molar-refractivity contribution in [3.05, 3.63) is 29.6 Å². The summed E-state index contributed by atoms with van der Waals surface area (Å²) in [5.41, 5.74) is 5.91. The van der Waals surface area contributed by atoms with Crippen LogP contribution in [0.5, 0.6) is 0 Å². The topological polar surface area (TPSA) is 84.2 Å². The van der Waals surface area contributed by atoms with Crippen LogP contribution in [0.1, 0.15) is 43.5 Å². The van der Waals surface area contributed by atoms with E-state index in [1.165, 1.54) is 19.1 Å². The highest BCUT2D eigenvalue weighted by Gasteiger charge is 2.14. The van der Waals surface area contributed by atoms with Crippen molar-refractivity contribution in [3.63, 3.8) is 0 Å². The molecular weight excluding hydrogens is 309 g/mol. The molecule has 1 aromatic carbocycles. The van der Waals surface area contributed by atoms with E-state index in [0.29, 0.717) is 6.54 Å². The maximum atomic E-state index is 13.5. The van der Waals surface area contributed by atoms with E-state index in [1.807, 2.05) is 0 Å². The first-order valence-electron chi connectivity index (χ1n) is 7.06. The lowest BCUT2D eigenvalue weighted by molar-refractivity contribution is -0.114. The molecule has 2 amide bonds. The summed E-state index contributed by atoms with van der Waals surface area (Å²) in [6, 6.07) is 3.75. The first kappa shape index (κ1) is 20.3. The van der Waals surface area contributed by atoms with E-state index in [1.54, 1.807) is 0 Å².